The number of carbonyl (C=O) groups is 1. The number of amides is 1. The van der Waals surface area contributed by atoms with Gasteiger partial charge in [-0.15, -0.1) is 0 Å². The minimum atomic E-state index is -4.62. The van der Waals surface area contributed by atoms with E-state index in [2.05, 4.69) is 20.5 Å². The van der Waals surface area contributed by atoms with Crippen LogP contribution in [-0.2, 0) is 25.4 Å². The van der Waals surface area contributed by atoms with E-state index in [9.17, 15) is 23.1 Å². The number of aliphatic hydroxyl groups is 1. The quantitative estimate of drug-likeness (QED) is 0.639. The van der Waals surface area contributed by atoms with Gasteiger partial charge in [0.05, 0.1) is 23.1 Å². The number of aromatic nitrogens is 5. The first-order chi connectivity index (χ1) is 14.9. The van der Waals surface area contributed by atoms with Gasteiger partial charge in [0.25, 0.3) is 5.91 Å². The van der Waals surface area contributed by atoms with Crippen molar-refractivity contribution in [2.75, 3.05) is 0 Å². The van der Waals surface area contributed by atoms with Crippen molar-refractivity contribution in [3.63, 3.8) is 0 Å². The van der Waals surface area contributed by atoms with Gasteiger partial charge in [0.15, 0.2) is 5.69 Å². The van der Waals surface area contributed by atoms with E-state index in [-0.39, 0.29) is 5.69 Å². The fourth-order valence-corrected chi connectivity index (χ4v) is 3.75. The molecule has 0 bridgehead atoms. The molecule has 1 amide bonds. The summed E-state index contributed by atoms with van der Waals surface area (Å²) in [5.41, 5.74) is 0.311. The number of aryl methyl sites for hydroxylation is 2. The molecule has 8 nitrogen and oxygen atoms in total. The third kappa shape index (κ3) is 4.24. The first-order valence-electron chi connectivity index (χ1n) is 10.1. The first-order valence-corrected chi connectivity index (χ1v) is 10.1. The summed E-state index contributed by atoms with van der Waals surface area (Å²) >= 11 is 0. The highest BCUT2D eigenvalue weighted by molar-refractivity contribution is 5.93. The van der Waals surface area contributed by atoms with Crippen molar-refractivity contribution in [1.29, 1.82) is 0 Å². The van der Waals surface area contributed by atoms with Crippen molar-refractivity contribution in [3.05, 3.63) is 53.2 Å². The smallest absolute Gasteiger partial charge is 0.384 e. The molecule has 11 heteroatoms. The molecule has 1 atom stereocenters. The fraction of sp³-hybridized carbons (Fsp3) is 0.429. The summed E-state index contributed by atoms with van der Waals surface area (Å²) in [4.78, 5) is 16.9. The van der Waals surface area contributed by atoms with Gasteiger partial charge in [-0.05, 0) is 44.9 Å². The van der Waals surface area contributed by atoms with Crippen LogP contribution in [0.1, 0.15) is 60.3 Å². The van der Waals surface area contributed by atoms with Gasteiger partial charge in [-0.1, -0.05) is 0 Å². The maximum absolute atomic E-state index is 12.9. The van der Waals surface area contributed by atoms with Crippen LogP contribution in [0.4, 0.5) is 13.2 Å². The predicted molar refractivity (Wildman–Crippen MR) is 108 cm³/mol. The second-order valence-corrected chi connectivity index (χ2v) is 8.37. The molecule has 32 heavy (non-hydrogen) atoms. The molecule has 0 saturated carbocycles. The van der Waals surface area contributed by atoms with Gasteiger partial charge >= 0.3 is 6.18 Å². The Balaban J connectivity index is 1.60. The molecule has 0 spiro atoms. The van der Waals surface area contributed by atoms with Crippen molar-refractivity contribution in [1.82, 2.24) is 29.9 Å². The highest BCUT2D eigenvalue weighted by Crippen LogP contribution is 2.31. The largest absolute Gasteiger partial charge is 0.435 e. The Morgan fingerprint density at radius 1 is 1.19 bits per heavy atom. The minimum absolute atomic E-state index is 0.168. The van der Waals surface area contributed by atoms with Crippen LogP contribution in [0.25, 0.3) is 11.3 Å². The van der Waals surface area contributed by atoms with Crippen molar-refractivity contribution in [2.24, 2.45) is 7.05 Å². The zero-order valence-electron chi connectivity index (χ0n) is 17.8. The lowest BCUT2D eigenvalue weighted by molar-refractivity contribution is -0.141. The fourth-order valence-electron chi connectivity index (χ4n) is 3.75. The highest BCUT2D eigenvalue weighted by Gasteiger charge is 2.36. The molecule has 0 saturated heterocycles. The summed E-state index contributed by atoms with van der Waals surface area (Å²) in [7, 11) is 1.30. The lowest BCUT2D eigenvalue weighted by Gasteiger charge is -2.24. The summed E-state index contributed by atoms with van der Waals surface area (Å²) in [6.45, 7) is 3.95. The summed E-state index contributed by atoms with van der Waals surface area (Å²) in [6.07, 6.45) is -1.64. The third-order valence-corrected chi connectivity index (χ3v) is 5.42. The molecule has 4 rings (SSSR count). The zero-order chi connectivity index (χ0) is 23.3. The summed E-state index contributed by atoms with van der Waals surface area (Å²) < 4.78 is 41.5. The second kappa shape index (κ2) is 7.73. The van der Waals surface area contributed by atoms with Crippen LogP contribution < -0.4 is 5.32 Å². The topological polar surface area (TPSA) is 97.9 Å². The molecule has 0 aliphatic carbocycles. The number of fused-ring (bicyclic) bond motifs is 1. The number of pyridine rings is 1. The van der Waals surface area contributed by atoms with E-state index < -0.39 is 29.4 Å². The van der Waals surface area contributed by atoms with Gasteiger partial charge in [-0.3, -0.25) is 19.1 Å². The molecular formula is C21H23F3N6O2. The average Bonchev–Trinajstić information content (AvgIpc) is 3.32. The molecule has 1 aliphatic heterocycles. The standard InChI is InChI=1S/C21H23F3N6O2/c1-20(2,32)17-9-12(6-7-25-17)14-10-15-13(5-4-8-30(15)27-14)26-19(31)16-11-18(21(22,23)24)28-29(16)3/h6-7,9-11,13,32H,4-5,8H2,1-3H3,(H,26,31)/t13-/m1/s1. The predicted octanol–water partition coefficient (Wildman–Crippen LogP) is 3.19. The van der Waals surface area contributed by atoms with Crippen LogP contribution in [-0.4, -0.2) is 35.6 Å². The Morgan fingerprint density at radius 2 is 1.94 bits per heavy atom. The molecule has 0 unspecified atom stereocenters. The number of carbonyl (C=O) groups excluding carboxylic acids is 1. The maximum Gasteiger partial charge on any atom is 0.435 e. The normalized spacial score (nSPS) is 16.7. The van der Waals surface area contributed by atoms with Crippen molar-refractivity contribution < 1.29 is 23.1 Å². The van der Waals surface area contributed by atoms with Crippen LogP contribution in [0.2, 0.25) is 0 Å². The Morgan fingerprint density at radius 3 is 2.59 bits per heavy atom. The summed E-state index contributed by atoms with van der Waals surface area (Å²) in [5, 5.41) is 21.1. The van der Waals surface area contributed by atoms with Crippen LogP contribution in [0.15, 0.2) is 30.5 Å². The Bertz CT molecular complexity index is 1160. The van der Waals surface area contributed by atoms with Gasteiger partial charge in [0.2, 0.25) is 0 Å². The lowest BCUT2D eigenvalue weighted by atomic mass is 10.0. The Hall–Kier alpha value is -3.21. The molecule has 0 aromatic carbocycles. The zero-order valence-corrected chi connectivity index (χ0v) is 17.8. The van der Waals surface area contributed by atoms with Gasteiger partial charge in [-0.25, -0.2) is 0 Å². The van der Waals surface area contributed by atoms with Crippen LogP contribution in [0, 0.1) is 0 Å². The molecule has 3 aromatic rings. The van der Waals surface area contributed by atoms with Crippen molar-refractivity contribution in [2.45, 2.75) is 51.1 Å². The molecule has 0 fully saturated rings. The average molecular weight is 448 g/mol. The Kier molecular flexibility index (Phi) is 5.32. The molecule has 3 aromatic heterocycles. The van der Waals surface area contributed by atoms with E-state index >= 15 is 0 Å². The number of halogens is 3. The number of hydrogen-bond donors (Lipinski definition) is 2. The number of nitrogens with one attached hydrogen (secondary N) is 1. The summed E-state index contributed by atoms with van der Waals surface area (Å²) in [5.74, 6) is -0.634. The van der Waals surface area contributed by atoms with Gasteiger partial charge in [0.1, 0.15) is 11.3 Å². The van der Waals surface area contributed by atoms with Crippen LogP contribution in [0.5, 0.6) is 0 Å². The monoisotopic (exact) mass is 448 g/mol. The van der Waals surface area contributed by atoms with Crippen LogP contribution in [0.3, 0.4) is 0 Å². The van der Waals surface area contributed by atoms with Gasteiger partial charge in [-0.2, -0.15) is 23.4 Å². The van der Waals surface area contributed by atoms with Gasteiger partial charge in [0, 0.05) is 31.4 Å². The van der Waals surface area contributed by atoms with Crippen molar-refractivity contribution >= 4 is 5.91 Å². The lowest BCUT2D eigenvalue weighted by Crippen LogP contribution is -2.33. The number of nitrogens with zero attached hydrogens (tertiary/aromatic N) is 5. The van der Waals surface area contributed by atoms with Crippen molar-refractivity contribution in [3.8, 4) is 11.3 Å². The highest BCUT2D eigenvalue weighted by atomic mass is 19.4. The van der Waals surface area contributed by atoms with E-state index in [1.807, 2.05) is 6.07 Å². The van der Waals surface area contributed by atoms with E-state index in [1.54, 1.807) is 36.9 Å². The second-order valence-electron chi connectivity index (χ2n) is 8.37. The van der Waals surface area contributed by atoms with E-state index in [0.29, 0.717) is 24.4 Å². The number of alkyl halides is 3. The van der Waals surface area contributed by atoms with E-state index in [4.69, 9.17) is 0 Å². The SMILES string of the molecule is Cn1nc(C(F)(F)F)cc1C(=O)N[C@@H]1CCCn2nc(-c3ccnc(C(C)(C)O)c3)cc21. The number of hydrogen-bond acceptors (Lipinski definition) is 5. The third-order valence-electron chi connectivity index (χ3n) is 5.42. The molecule has 0 radical (unpaired) electrons. The Labute approximate surface area is 182 Å². The van der Waals surface area contributed by atoms with Crippen LogP contribution >= 0.6 is 0 Å². The minimum Gasteiger partial charge on any atom is -0.384 e. The maximum atomic E-state index is 12.9. The number of rotatable bonds is 4. The van der Waals surface area contributed by atoms with E-state index in [0.717, 1.165) is 28.4 Å². The summed E-state index contributed by atoms with van der Waals surface area (Å²) in [6, 6.07) is 5.73. The molecule has 170 valence electrons. The molecular weight excluding hydrogens is 425 g/mol. The van der Waals surface area contributed by atoms with E-state index in [1.165, 1.54) is 7.05 Å². The first kappa shape index (κ1) is 22.0. The van der Waals surface area contributed by atoms with Gasteiger partial charge < -0.3 is 10.4 Å². The molecule has 1 aliphatic rings. The molecule has 4 heterocycles. The molecule has 2 N–H and O–H groups in total.